The van der Waals surface area contributed by atoms with E-state index in [0.717, 1.165) is 29.9 Å². The van der Waals surface area contributed by atoms with Gasteiger partial charge in [-0.15, -0.1) is 11.3 Å². The van der Waals surface area contributed by atoms with Crippen molar-refractivity contribution < 1.29 is 13.2 Å². The average molecular weight is 431 g/mol. The zero-order chi connectivity index (χ0) is 20.4. The summed E-state index contributed by atoms with van der Waals surface area (Å²) in [6.45, 7) is 1.57. The van der Waals surface area contributed by atoms with E-state index in [4.69, 9.17) is 10.1 Å². The highest BCUT2D eigenvalue weighted by Crippen LogP contribution is 2.36. The molecule has 4 rings (SSSR count). The first kappa shape index (κ1) is 20.0. The number of amides is 1. The van der Waals surface area contributed by atoms with Gasteiger partial charge in [0.1, 0.15) is 5.01 Å². The molecule has 7 nitrogen and oxygen atoms in total. The molecule has 9 heteroatoms. The minimum Gasteiger partial charge on any atom is -0.326 e. The Morgan fingerprint density at radius 2 is 2.07 bits per heavy atom. The van der Waals surface area contributed by atoms with Crippen LogP contribution in [-0.2, 0) is 14.8 Å². The lowest BCUT2D eigenvalue weighted by Gasteiger charge is -2.22. The van der Waals surface area contributed by atoms with E-state index in [9.17, 15) is 13.2 Å². The fourth-order valence-corrected chi connectivity index (χ4v) is 5.32. The fraction of sp³-hybridized carbons (Fsp3) is 0.300. The van der Waals surface area contributed by atoms with Crippen LogP contribution in [0.3, 0.4) is 0 Å². The maximum Gasteiger partial charge on any atom is 0.238 e. The molecule has 0 aliphatic carbocycles. The van der Waals surface area contributed by atoms with E-state index in [0.29, 0.717) is 18.7 Å². The summed E-state index contributed by atoms with van der Waals surface area (Å²) in [5.41, 5.74) is 1.44. The standard InChI is InChI=1S/C20H22N4O3S2/c21-29(26,27)15-6-3-5-14(13-15)22-19(25)10-12-24-11-4-8-17(24)20-23-16-7-1-2-9-18(16)28-20/h1-3,5-7,9,13,17H,4,8,10-12H2,(H,22,25)(H2,21,26,27). The number of carbonyl (C=O) groups excluding carboxylic acids is 1. The highest BCUT2D eigenvalue weighted by atomic mass is 32.2. The zero-order valence-corrected chi connectivity index (χ0v) is 17.4. The van der Waals surface area contributed by atoms with Gasteiger partial charge in [0.05, 0.1) is 21.2 Å². The number of carbonyl (C=O) groups is 1. The summed E-state index contributed by atoms with van der Waals surface area (Å²) in [5.74, 6) is -0.161. The van der Waals surface area contributed by atoms with Gasteiger partial charge in [-0.2, -0.15) is 0 Å². The van der Waals surface area contributed by atoms with Gasteiger partial charge in [-0.3, -0.25) is 9.69 Å². The van der Waals surface area contributed by atoms with Gasteiger partial charge in [0.15, 0.2) is 0 Å². The number of benzene rings is 2. The van der Waals surface area contributed by atoms with E-state index < -0.39 is 10.0 Å². The number of nitrogens with zero attached hydrogens (tertiary/aromatic N) is 2. The number of likely N-dealkylation sites (tertiary alicyclic amines) is 1. The number of thiazole rings is 1. The molecule has 0 saturated carbocycles. The van der Waals surface area contributed by atoms with Gasteiger partial charge in [-0.1, -0.05) is 18.2 Å². The molecular formula is C20H22N4O3S2. The van der Waals surface area contributed by atoms with Crippen LogP contribution in [0.5, 0.6) is 0 Å². The molecule has 1 amide bonds. The number of sulfonamides is 1. The van der Waals surface area contributed by atoms with E-state index >= 15 is 0 Å². The van der Waals surface area contributed by atoms with Crippen molar-refractivity contribution in [3.8, 4) is 0 Å². The molecule has 0 radical (unpaired) electrons. The normalized spacial score (nSPS) is 17.6. The van der Waals surface area contributed by atoms with Crippen molar-refractivity contribution in [2.24, 2.45) is 5.14 Å². The lowest BCUT2D eigenvalue weighted by Crippen LogP contribution is -2.27. The van der Waals surface area contributed by atoms with Gasteiger partial charge in [0, 0.05) is 18.7 Å². The van der Waals surface area contributed by atoms with Crippen LogP contribution in [0, 0.1) is 0 Å². The summed E-state index contributed by atoms with van der Waals surface area (Å²) in [7, 11) is -3.80. The second-order valence-corrected chi connectivity index (χ2v) is 9.71. The van der Waals surface area contributed by atoms with Crippen LogP contribution in [0.4, 0.5) is 5.69 Å². The number of aromatic nitrogens is 1. The highest BCUT2D eigenvalue weighted by Gasteiger charge is 2.28. The molecule has 1 unspecified atom stereocenters. The fourth-order valence-electron chi connectivity index (χ4n) is 3.63. The Labute approximate surface area is 173 Å². The molecule has 2 aromatic carbocycles. The number of nitrogens with one attached hydrogen (secondary N) is 1. The number of fused-ring (bicyclic) bond motifs is 1. The number of hydrogen-bond acceptors (Lipinski definition) is 6. The molecular weight excluding hydrogens is 408 g/mol. The Kier molecular flexibility index (Phi) is 5.64. The SMILES string of the molecule is NS(=O)(=O)c1cccc(NC(=O)CCN2CCCC2c2nc3ccccc3s2)c1. The van der Waals surface area contributed by atoms with Crippen molar-refractivity contribution in [1.29, 1.82) is 0 Å². The maximum absolute atomic E-state index is 12.4. The summed E-state index contributed by atoms with van der Waals surface area (Å²) < 4.78 is 24.1. The van der Waals surface area contributed by atoms with E-state index in [1.54, 1.807) is 23.5 Å². The Hall–Kier alpha value is -2.33. The largest absolute Gasteiger partial charge is 0.326 e. The first-order chi connectivity index (χ1) is 13.9. The second-order valence-electron chi connectivity index (χ2n) is 7.08. The molecule has 0 bridgehead atoms. The van der Waals surface area contributed by atoms with E-state index in [1.807, 2.05) is 18.2 Å². The van der Waals surface area contributed by atoms with Gasteiger partial charge in [-0.05, 0) is 49.7 Å². The molecule has 29 heavy (non-hydrogen) atoms. The lowest BCUT2D eigenvalue weighted by molar-refractivity contribution is -0.116. The van der Waals surface area contributed by atoms with Gasteiger partial charge in [-0.25, -0.2) is 18.5 Å². The minimum absolute atomic E-state index is 0.0225. The number of nitrogens with two attached hydrogens (primary N) is 1. The average Bonchev–Trinajstić information content (AvgIpc) is 3.32. The molecule has 1 atom stereocenters. The van der Waals surface area contributed by atoms with Crippen LogP contribution < -0.4 is 10.5 Å². The minimum atomic E-state index is -3.80. The Bertz CT molecular complexity index is 1110. The van der Waals surface area contributed by atoms with E-state index in [2.05, 4.69) is 16.3 Å². The summed E-state index contributed by atoms with van der Waals surface area (Å²) in [6, 6.07) is 14.3. The van der Waals surface area contributed by atoms with E-state index in [-0.39, 0.29) is 16.8 Å². The number of primary sulfonamides is 1. The summed E-state index contributed by atoms with van der Waals surface area (Å²) in [6.07, 6.45) is 2.44. The summed E-state index contributed by atoms with van der Waals surface area (Å²) in [5, 5.41) is 9.00. The van der Waals surface area contributed by atoms with E-state index in [1.165, 1.54) is 16.8 Å². The third-order valence-electron chi connectivity index (χ3n) is 5.03. The smallest absolute Gasteiger partial charge is 0.238 e. The van der Waals surface area contributed by atoms with Crippen molar-refractivity contribution in [2.45, 2.75) is 30.2 Å². The molecule has 1 aromatic heterocycles. The predicted molar refractivity (Wildman–Crippen MR) is 114 cm³/mol. The predicted octanol–water partition coefficient (Wildman–Crippen LogP) is 3.11. The first-order valence-corrected chi connectivity index (χ1v) is 11.8. The van der Waals surface area contributed by atoms with Crippen LogP contribution in [0.1, 0.15) is 30.3 Å². The molecule has 1 aliphatic heterocycles. The quantitative estimate of drug-likeness (QED) is 0.625. The van der Waals surface area contributed by atoms with Crippen LogP contribution in [0.25, 0.3) is 10.2 Å². The van der Waals surface area contributed by atoms with Crippen LogP contribution >= 0.6 is 11.3 Å². The summed E-state index contributed by atoms with van der Waals surface area (Å²) >= 11 is 1.72. The molecule has 152 valence electrons. The van der Waals surface area contributed by atoms with Gasteiger partial charge < -0.3 is 5.32 Å². The van der Waals surface area contributed by atoms with Crippen molar-refractivity contribution in [1.82, 2.24) is 9.88 Å². The summed E-state index contributed by atoms with van der Waals surface area (Å²) in [4.78, 5) is 19.4. The number of para-hydroxylation sites is 1. The van der Waals surface area contributed by atoms with Crippen LogP contribution in [0.15, 0.2) is 53.4 Å². The monoisotopic (exact) mass is 430 g/mol. The van der Waals surface area contributed by atoms with Crippen molar-refractivity contribution in [3.63, 3.8) is 0 Å². The Balaban J connectivity index is 1.38. The van der Waals surface area contributed by atoms with Crippen molar-refractivity contribution in [3.05, 3.63) is 53.5 Å². The Morgan fingerprint density at radius 3 is 2.86 bits per heavy atom. The number of hydrogen-bond donors (Lipinski definition) is 2. The van der Waals surface area contributed by atoms with Crippen molar-refractivity contribution >= 4 is 43.2 Å². The number of rotatable bonds is 6. The third kappa shape index (κ3) is 4.64. The van der Waals surface area contributed by atoms with Gasteiger partial charge in [0.2, 0.25) is 15.9 Å². The topological polar surface area (TPSA) is 105 Å². The Morgan fingerprint density at radius 1 is 1.24 bits per heavy atom. The van der Waals surface area contributed by atoms with Crippen LogP contribution in [-0.4, -0.2) is 37.3 Å². The molecule has 3 aromatic rings. The van der Waals surface area contributed by atoms with Crippen molar-refractivity contribution in [2.75, 3.05) is 18.4 Å². The van der Waals surface area contributed by atoms with Gasteiger partial charge in [0.25, 0.3) is 0 Å². The third-order valence-corrected chi connectivity index (χ3v) is 7.08. The number of anilines is 1. The molecule has 3 N–H and O–H groups in total. The van der Waals surface area contributed by atoms with Gasteiger partial charge >= 0.3 is 0 Å². The zero-order valence-electron chi connectivity index (χ0n) is 15.7. The molecule has 1 aliphatic rings. The molecule has 2 heterocycles. The first-order valence-electron chi connectivity index (χ1n) is 9.42. The van der Waals surface area contributed by atoms with Crippen LogP contribution in [0.2, 0.25) is 0 Å². The maximum atomic E-state index is 12.4. The lowest BCUT2D eigenvalue weighted by atomic mass is 10.2. The molecule has 1 saturated heterocycles. The molecule has 1 fully saturated rings. The molecule has 0 spiro atoms. The second kappa shape index (κ2) is 8.19. The highest BCUT2D eigenvalue weighted by molar-refractivity contribution is 7.89.